The lowest BCUT2D eigenvalue weighted by atomic mass is 10.0. The molecule has 0 spiro atoms. The maximum absolute atomic E-state index is 11.3. The van der Waals surface area contributed by atoms with Crippen LogP contribution in [0.25, 0.3) is 0 Å². The second-order valence-electron chi connectivity index (χ2n) is 3.93. The number of primary amides is 1. The molecule has 1 aromatic carbocycles. The fourth-order valence-electron chi connectivity index (χ4n) is 1.78. The highest BCUT2D eigenvalue weighted by Gasteiger charge is 2.22. The van der Waals surface area contributed by atoms with E-state index in [1.54, 1.807) is 18.2 Å². The average Bonchev–Trinajstić information content (AvgIpc) is 2.86. The van der Waals surface area contributed by atoms with E-state index in [1.807, 2.05) is 0 Å². The van der Waals surface area contributed by atoms with Gasteiger partial charge in [-0.3, -0.25) is 4.79 Å². The molecule has 1 unspecified atom stereocenters. The lowest BCUT2D eigenvalue weighted by molar-refractivity contribution is 0.0390. The van der Waals surface area contributed by atoms with Crippen molar-refractivity contribution >= 4 is 11.6 Å². The minimum absolute atomic E-state index is 0.0914. The van der Waals surface area contributed by atoms with Crippen molar-refractivity contribution in [2.24, 2.45) is 10.9 Å². The molecule has 0 bridgehead atoms. The summed E-state index contributed by atoms with van der Waals surface area (Å²) in [6.45, 7) is -0.0914. The minimum Gasteiger partial charge on any atom is -0.496 e. The molecule has 3 N–H and O–H groups in total. The first kappa shape index (κ1) is 12.4. The number of carbonyl (C=O) groups is 1. The van der Waals surface area contributed by atoms with Gasteiger partial charge in [-0.2, -0.15) is 0 Å². The molecule has 6 nitrogen and oxygen atoms in total. The third-order valence-corrected chi connectivity index (χ3v) is 2.73. The molecular weight excluding hydrogens is 236 g/mol. The molecule has 0 saturated heterocycles. The van der Waals surface area contributed by atoms with E-state index in [2.05, 4.69) is 5.16 Å². The average molecular weight is 250 g/mol. The molecule has 1 aromatic rings. The number of aliphatic hydroxyl groups excluding tert-OH is 1. The summed E-state index contributed by atoms with van der Waals surface area (Å²) in [6, 6.07) is 5.04. The lowest BCUT2D eigenvalue weighted by Gasteiger charge is -2.07. The molecule has 2 rings (SSSR count). The monoisotopic (exact) mass is 250 g/mol. The summed E-state index contributed by atoms with van der Waals surface area (Å²) in [7, 11) is 1.47. The fraction of sp³-hybridized carbons (Fsp3) is 0.333. The Morgan fingerprint density at radius 3 is 3.00 bits per heavy atom. The first-order valence-electron chi connectivity index (χ1n) is 5.47. The molecule has 0 fully saturated rings. The summed E-state index contributed by atoms with van der Waals surface area (Å²) in [5.74, 6) is -0.142. The van der Waals surface area contributed by atoms with Crippen molar-refractivity contribution in [3.63, 3.8) is 0 Å². The molecule has 1 atom stereocenters. The molecule has 1 aliphatic rings. The maximum Gasteiger partial charge on any atom is 0.252 e. The Kier molecular flexibility index (Phi) is 3.47. The van der Waals surface area contributed by atoms with Crippen LogP contribution in [0, 0.1) is 0 Å². The standard InChI is InChI=1S/C12H14N2O4/c1-17-11-3-2-7(4-9(11)12(13)16)10-5-8(6-15)18-14-10/h2-4,8,15H,5-6H2,1H3,(H2,13,16). The SMILES string of the molecule is COc1ccc(C2=NOC(CO)C2)cc1C(N)=O. The van der Waals surface area contributed by atoms with Crippen LogP contribution < -0.4 is 10.5 Å². The van der Waals surface area contributed by atoms with Crippen molar-refractivity contribution in [2.45, 2.75) is 12.5 Å². The summed E-state index contributed by atoms with van der Waals surface area (Å²) in [6.07, 6.45) is 0.181. The van der Waals surface area contributed by atoms with Crippen LogP contribution in [0.5, 0.6) is 5.75 Å². The number of aliphatic hydroxyl groups is 1. The van der Waals surface area contributed by atoms with E-state index in [4.69, 9.17) is 20.4 Å². The topological polar surface area (TPSA) is 94.1 Å². The van der Waals surface area contributed by atoms with Gasteiger partial charge in [0.15, 0.2) is 6.10 Å². The number of nitrogens with zero attached hydrogens (tertiary/aromatic N) is 1. The molecule has 18 heavy (non-hydrogen) atoms. The van der Waals surface area contributed by atoms with Crippen molar-refractivity contribution in [2.75, 3.05) is 13.7 Å². The summed E-state index contributed by atoms with van der Waals surface area (Å²) in [5.41, 5.74) is 6.99. The van der Waals surface area contributed by atoms with Gasteiger partial charge in [0.2, 0.25) is 0 Å². The number of benzene rings is 1. The van der Waals surface area contributed by atoms with E-state index in [9.17, 15) is 4.79 Å². The largest absolute Gasteiger partial charge is 0.496 e. The predicted molar refractivity (Wildman–Crippen MR) is 64.6 cm³/mol. The van der Waals surface area contributed by atoms with E-state index in [0.29, 0.717) is 23.4 Å². The Bertz CT molecular complexity index is 499. The number of oxime groups is 1. The van der Waals surface area contributed by atoms with Crippen LogP contribution in [0.4, 0.5) is 0 Å². The van der Waals surface area contributed by atoms with Gasteiger partial charge in [0.05, 0.1) is 25.0 Å². The van der Waals surface area contributed by atoms with Gasteiger partial charge < -0.3 is 20.4 Å². The number of amides is 1. The smallest absolute Gasteiger partial charge is 0.252 e. The van der Waals surface area contributed by atoms with Crippen LogP contribution in [-0.2, 0) is 4.84 Å². The summed E-state index contributed by atoms with van der Waals surface area (Å²) in [5, 5.41) is 12.8. The summed E-state index contributed by atoms with van der Waals surface area (Å²) < 4.78 is 5.05. The molecular formula is C12H14N2O4. The predicted octanol–water partition coefficient (Wildman–Crippen LogP) is 0.279. The lowest BCUT2D eigenvalue weighted by Crippen LogP contribution is -2.15. The van der Waals surface area contributed by atoms with Gasteiger partial charge in [0.25, 0.3) is 5.91 Å². The summed E-state index contributed by atoms with van der Waals surface area (Å²) >= 11 is 0. The van der Waals surface area contributed by atoms with Crippen molar-refractivity contribution in [1.29, 1.82) is 0 Å². The Labute approximate surface area is 104 Å². The fourth-order valence-corrected chi connectivity index (χ4v) is 1.78. The van der Waals surface area contributed by atoms with E-state index >= 15 is 0 Å². The number of methoxy groups -OCH3 is 1. The van der Waals surface area contributed by atoms with E-state index in [0.717, 1.165) is 5.56 Å². The van der Waals surface area contributed by atoms with Gasteiger partial charge in [-0.15, -0.1) is 0 Å². The van der Waals surface area contributed by atoms with Crippen molar-refractivity contribution in [1.82, 2.24) is 0 Å². The molecule has 6 heteroatoms. The molecule has 0 aromatic heterocycles. The second-order valence-corrected chi connectivity index (χ2v) is 3.93. The van der Waals surface area contributed by atoms with Crippen LogP contribution in [-0.4, -0.2) is 36.5 Å². The van der Waals surface area contributed by atoms with Gasteiger partial charge in [-0.1, -0.05) is 5.16 Å². The number of carbonyl (C=O) groups excluding carboxylic acids is 1. The van der Waals surface area contributed by atoms with Crippen molar-refractivity contribution in [3.05, 3.63) is 29.3 Å². The van der Waals surface area contributed by atoms with Gasteiger partial charge in [-0.05, 0) is 18.2 Å². The zero-order chi connectivity index (χ0) is 13.1. The van der Waals surface area contributed by atoms with E-state index < -0.39 is 5.91 Å². The third kappa shape index (κ3) is 2.28. The zero-order valence-electron chi connectivity index (χ0n) is 9.92. The maximum atomic E-state index is 11.3. The first-order valence-corrected chi connectivity index (χ1v) is 5.47. The minimum atomic E-state index is -0.563. The highest BCUT2D eigenvalue weighted by molar-refractivity contribution is 6.04. The molecule has 1 heterocycles. The zero-order valence-corrected chi connectivity index (χ0v) is 9.92. The third-order valence-electron chi connectivity index (χ3n) is 2.73. The number of hydrogen-bond donors (Lipinski definition) is 2. The molecule has 0 saturated carbocycles. The van der Waals surface area contributed by atoms with E-state index in [-0.39, 0.29) is 12.7 Å². The number of nitrogens with two attached hydrogens (primary N) is 1. The van der Waals surface area contributed by atoms with Gasteiger partial charge >= 0.3 is 0 Å². The molecule has 1 amide bonds. The first-order chi connectivity index (χ1) is 8.65. The molecule has 96 valence electrons. The Morgan fingerprint density at radius 1 is 1.67 bits per heavy atom. The van der Waals surface area contributed by atoms with Gasteiger partial charge in [0, 0.05) is 12.0 Å². The highest BCUT2D eigenvalue weighted by Crippen LogP contribution is 2.23. The Balaban J connectivity index is 2.31. The second kappa shape index (κ2) is 5.05. The van der Waals surface area contributed by atoms with Gasteiger partial charge in [-0.25, -0.2) is 0 Å². The molecule has 0 aliphatic carbocycles. The summed E-state index contributed by atoms with van der Waals surface area (Å²) in [4.78, 5) is 16.3. The van der Waals surface area contributed by atoms with Gasteiger partial charge in [0.1, 0.15) is 5.75 Å². The van der Waals surface area contributed by atoms with Crippen LogP contribution >= 0.6 is 0 Å². The molecule has 0 radical (unpaired) electrons. The van der Waals surface area contributed by atoms with Crippen LogP contribution in [0.1, 0.15) is 22.3 Å². The Morgan fingerprint density at radius 2 is 2.44 bits per heavy atom. The number of rotatable bonds is 4. The van der Waals surface area contributed by atoms with Crippen LogP contribution in [0.3, 0.4) is 0 Å². The number of hydrogen-bond acceptors (Lipinski definition) is 5. The van der Waals surface area contributed by atoms with Crippen LogP contribution in [0.15, 0.2) is 23.4 Å². The number of ether oxygens (including phenoxy) is 1. The quantitative estimate of drug-likeness (QED) is 0.802. The van der Waals surface area contributed by atoms with E-state index in [1.165, 1.54) is 7.11 Å². The normalized spacial score (nSPS) is 18.1. The highest BCUT2D eigenvalue weighted by atomic mass is 16.6. The van der Waals surface area contributed by atoms with Crippen molar-refractivity contribution < 1.29 is 19.5 Å². The molecule has 1 aliphatic heterocycles. The van der Waals surface area contributed by atoms with Crippen molar-refractivity contribution in [3.8, 4) is 5.75 Å². The Hall–Kier alpha value is -2.08. The van der Waals surface area contributed by atoms with Crippen LogP contribution in [0.2, 0.25) is 0 Å².